The summed E-state index contributed by atoms with van der Waals surface area (Å²) in [6.45, 7) is 7.95. The highest BCUT2D eigenvalue weighted by atomic mass is 16.5. The van der Waals surface area contributed by atoms with Gasteiger partial charge in [0.15, 0.2) is 11.5 Å². The molecule has 22 heavy (non-hydrogen) atoms. The molecule has 1 aliphatic rings. The molecular formula is C17H26N2O3. The summed E-state index contributed by atoms with van der Waals surface area (Å²) < 4.78 is 11.0. The third-order valence-electron chi connectivity index (χ3n) is 3.89. The Labute approximate surface area is 132 Å². The van der Waals surface area contributed by atoms with Crippen molar-refractivity contribution in [2.75, 3.05) is 20.2 Å². The van der Waals surface area contributed by atoms with Crippen molar-refractivity contribution in [1.82, 2.24) is 10.6 Å². The number of amides is 1. The van der Waals surface area contributed by atoms with E-state index < -0.39 is 0 Å². The predicted molar refractivity (Wildman–Crippen MR) is 86.7 cm³/mol. The van der Waals surface area contributed by atoms with Crippen LogP contribution in [0.15, 0.2) is 18.2 Å². The van der Waals surface area contributed by atoms with Crippen LogP contribution in [-0.2, 0) is 0 Å². The van der Waals surface area contributed by atoms with Crippen molar-refractivity contribution in [2.45, 2.75) is 39.3 Å². The minimum absolute atomic E-state index is 0.0594. The second-order valence-corrected chi connectivity index (χ2v) is 6.08. The molecule has 1 aromatic rings. The van der Waals surface area contributed by atoms with Gasteiger partial charge in [-0.2, -0.15) is 0 Å². The first-order valence-electron chi connectivity index (χ1n) is 7.87. The highest BCUT2D eigenvalue weighted by molar-refractivity contribution is 5.95. The van der Waals surface area contributed by atoms with E-state index in [1.807, 2.05) is 13.8 Å². The predicted octanol–water partition coefficient (Wildman–Crippen LogP) is 2.21. The quantitative estimate of drug-likeness (QED) is 0.875. The maximum atomic E-state index is 12.4. The van der Waals surface area contributed by atoms with Gasteiger partial charge in [-0.05, 0) is 57.5 Å². The zero-order valence-corrected chi connectivity index (χ0v) is 13.8. The Hall–Kier alpha value is -1.75. The summed E-state index contributed by atoms with van der Waals surface area (Å²) in [5, 5.41) is 6.45. The average Bonchev–Trinajstić information content (AvgIpc) is 2.49. The van der Waals surface area contributed by atoms with Crippen LogP contribution >= 0.6 is 0 Å². The molecular weight excluding hydrogens is 280 g/mol. The fourth-order valence-corrected chi connectivity index (χ4v) is 2.64. The number of carbonyl (C=O) groups excluding carboxylic acids is 1. The Morgan fingerprint density at radius 2 is 2.14 bits per heavy atom. The maximum Gasteiger partial charge on any atom is 0.251 e. The Kier molecular flexibility index (Phi) is 5.66. The van der Waals surface area contributed by atoms with E-state index in [9.17, 15) is 4.79 Å². The van der Waals surface area contributed by atoms with Crippen LogP contribution in [0.2, 0.25) is 0 Å². The lowest BCUT2D eigenvalue weighted by Crippen LogP contribution is -2.48. The Balaban J connectivity index is 2.09. The molecule has 0 saturated carbocycles. The molecule has 5 heteroatoms. The summed E-state index contributed by atoms with van der Waals surface area (Å²) in [5.74, 6) is 1.61. The monoisotopic (exact) mass is 306 g/mol. The van der Waals surface area contributed by atoms with Crippen molar-refractivity contribution in [3.63, 3.8) is 0 Å². The Morgan fingerprint density at radius 3 is 2.77 bits per heavy atom. The third kappa shape index (κ3) is 4.13. The van der Waals surface area contributed by atoms with E-state index in [-0.39, 0.29) is 18.1 Å². The number of ether oxygens (including phenoxy) is 2. The van der Waals surface area contributed by atoms with Crippen molar-refractivity contribution < 1.29 is 14.3 Å². The molecule has 1 aliphatic heterocycles. The average molecular weight is 306 g/mol. The SMILES string of the molecule is COc1cc(C(=O)NC2CCNCC2C)ccc1OC(C)C. The number of hydrogen-bond donors (Lipinski definition) is 2. The molecule has 2 unspecified atom stereocenters. The molecule has 1 saturated heterocycles. The van der Waals surface area contributed by atoms with Gasteiger partial charge < -0.3 is 20.1 Å². The van der Waals surface area contributed by atoms with Crippen molar-refractivity contribution >= 4 is 5.91 Å². The summed E-state index contributed by atoms with van der Waals surface area (Å²) >= 11 is 0. The third-order valence-corrected chi connectivity index (χ3v) is 3.89. The van der Waals surface area contributed by atoms with E-state index in [0.29, 0.717) is 23.0 Å². The van der Waals surface area contributed by atoms with E-state index in [2.05, 4.69) is 17.6 Å². The van der Waals surface area contributed by atoms with E-state index in [1.165, 1.54) is 0 Å². The molecule has 1 aromatic carbocycles. The van der Waals surface area contributed by atoms with Gasteiger partial charge >= 0.3 is 0 Å². The van der Waals surface area contributed by atoms with Gasteiger partial charge in [0.25, 0.3) is 5.91 Å². The molecule has 1 heterocycles. The van der Waals surface area contributed by atoms with Crippen LogP contribution < -0.4 is 20.1 Å². The molecule has 5 nitrogen and oxygen atoms in total. The first-order valence-corrected chi connectivity index (χ1v) is 7.87. The molecule has 0 radical (unpaired) electrons. The van der Waals surface area contributed by atoms with Gasteiger partial charge in [-0.1, -0.05) is 6.92 Å². The fraction of sp³-hybridized carbons (Fsp3) is 0.588. The topological polar surface area (TPSA) is 59.6 Å². The van der Waals surface area contributed by atoms with Gasteiger partial charge in [0.1, 0.15) is 0 Å². The van der Waals surface area contributed by atoms with Crippen LogP contribution in [-0.4, -0.2) is 38.3 Å². The molecule has 1 amide bonds. The van der Waals surface area contributed by atoms with Crippen LogP contribution in [0.5, 0.6) is 11.5 Å². The van der Waals surface area contributed by atoms with Gasteiger partial charge in [0.05, 0.1) is 13.2 Å². The second kappa shape index (κ2) is 7.49. The molecule has 2 atom stereocenters. The molecule has 0 spiro atoms. The lowest BCUT2D eigenvalue weighted by Gasteiger charge is -2.30. The van der Waals surface area contributed by atoms with E-state index in [4.69, 9.17) is 9.47 Å². The maximum absolute atomic E-state index is 12.4. The standard InChI is InChI=1S/C17H26N2O3/c1-11(2)22-15-6-5-13(9-16(15)21-4)17(20)19-14-7-8-18-10-12(14)3/h5-6,9,11-12,14,18H,7-8,10H2,1-4H3,(H,19,20). The number of carbonyl (C=O) groups is 1. The number of piperidine rings is 1. The van der Waals surface area contributed by atoms with Crippen LogP contribution in [0.3, 0.4) is 0 Å². The van der Waals surface area contributed by atoms with Crippen LogP contribution in [0.1, 0.15) is 37.6 Å². The zero-order valence-electron chi connectivity index (χ0n) is 13.8. The van der Waals surface area contributed by atoms with Crippen LogP contribution in [0.25, 0.3) is 0 Å². The lowest BCUT2D eigenvalue weighted by atomic mass is 9.95. The molecule has 0 aromatic heterocycles. The largest absolute Gasteiger partial charge is 0.493 e. The summed E-state index contributed by atoms with van der Waals surface area (Å²) in [4.78, 5) is 12.4. The highest BCUT2D eigenvalue weighted by Gasteiger charge is 2.23. The van der Waals surface area contributed by atoms with Crippen LogP contribution in [0, 0.1) is 5.92 Å². The lowest BCUT2D eigenvalue weighted by molar-refractivity contribution is 0.0914. The molecule has 1 fully saturated rings. The van der Waals surface area contributed by atoms with Gasteiger partial charge in [0.2, 0.25) is 0 Å². The normalized spacial score (nSPS) is 21.5. The minimum atomic E-state index is -0.0619. The second-order valence-electron chi connectivity index (χ2n) is 6.08. The Morgan fingerprint density at radius 1 is 1.36 bits per heavy atom. The van der Waals surface area contributed by atoms with E-state index in [0.717, 1.165) is 19.5 Å². The van der Waals surface area contributed by atoms with Crippen molar-refractivity contribution in [1.29, 1.82) is 0 Å². The van der Waals surface area contributed by atoms with E-state index in [1.54, 1.807) is 25.3 Å². The first kappa shape index (κ1) is 16.6. The molecule has 0 aliphatic carbocycles. The molecule has 2 rings (SSSR count). The smallest absolute Gasteiger partial charge is 0.251 e. The van der Waals surface area contributed by atoms with Crippen LogP contribution in [0.4, 0.5) is 0 Å². The van der Waals surface area contributed by atoms with Crippen molar-refractivity contribution in [3.8, 4) is 11.5 Å². The van der Waals surface area contributed by atoms with Gasteiger partial charge in [-0.25, -0.2) is 0 Å². The first-order chi connectivity index (χ1) is 10.5. The van der Waals surface area contributed by atoms with Gasteiger partial charge in [-0.15, -0.1) is 0 Å². The van der Waals surface area contributed by atoms with Gasteiger partial charge in [0, 0.05) is 11.6 Å². The Bertz CT molecular complexity index is 517. The number of rotatable bonds is 5. The number of benzene rings is 1. The minimum Gasteiger partial charge on any atom is -0.493 e. The van der Waals surface area contributed by atoms with Crippen molar-refractivity contribution in [2.24, 2.45) is 5.92 Å². The number of nitrogens with one attached hydrogen (secondary N) is 2. The zero-order chi connectivity index (χ0) is 16.1. The highest BCUT2D eigenvalue weighted by Crippen LogP contribution is 2.29. The fourth-order valence-electron chi connectivity index (χ4n) is 2.64. The summed E-state index contributed by atoms with van der Waals surface area (Å²) in [5.41, 5.74) is 0.596. The van der Waals surface area contributed by atoms with Crippen molar-refractivity contribution in [3.05, 3.63) is 23.8 Å². The molecule has 122 valence electrons. The number of hydrogen-bond acceptors (Lipinski definition) is 4. The van der Waals surface area contributed by atoms with E-state index >= 15 is 0 Å². The molecule has 0 bridgehead atoms. The van der Waals surface area contributed by atoms with Gasteiger partial charge in [-0.3, -0.25) is 4.79 Å². The summed E-state index contributed by atoms with van der Waals surface area (Å²) in [7, 11) is 1.58. The number of methoxy groups -OCH3 is 1. The summed E-state index contributed by atoms with van der Waals surface area (Å²) in [6, 6.07) is 5.52. The molecule has 2 N–H and O–H groups in total. The summed E-state index contributed by atoms with van der Waals surface area (Å²) in [6.07, 6.45) is 1.02.